The van der Waals surface area contributed by atoms with E-state index in [4.69, 9.17) is 0 Å². The first-order chi connectivity index (χ1) is 7.10. The average Bonchev–Trinajstić information content (AvgIpc) is 2.71. The van der Waals surface area contributed by atoms with Crippen molar-refractivity contribution in [2.75, 3.05) is 19.6 Å². The molecule has 0 spiro atoms. The molecular formula is C9H15ClN2O2S2. The van der Waals surface area contributed by atoms with Crippen molar-refractivity contribution < 1.29 is 8.42 Å². The van der Waals surface area contributed by atoms with Crippen LogP contribution in [0, 0.1) is 0 Å². The van der Waals surface area contributed by atoms with Gasteiger partial charge in [0, 0.05) is 25.7 Å². The zero-order valence-electron chi connectivity index (χ0n) is 8.92. The van der Waals surface area contributed by atoms with Crippen molar-refractivity contribution in [1.29, 1.82) is 0 Å². The summed E-state index contributed by atoms with van der Waals surface area (Å²) in [6, 6.07) is 3.66. The summed E-state index contributed by atoms with van der Waals surface area (Å²) in [5, 5.41) is 5.02. The quantitative estimate of drug-likeness (QED) is 0.885. The smallest absolute Gasteiger partial charge is 0.252 e. The second-order valence-corrected chi connectivity index (χ2v) is 6.76. The molecule has 0 aromatic carbocycles. The van der Waals surface area contributed by atoms with Crippen LogP contribution in [-0.2, 0) is 10.0 Å². The SMILES string of the molecule is CC1CN(S(=O)(=O)c2cccs2)CCN1.Cl. The van der Waals surface area contributed by atoms with Crippen molar-refractivity contribution in [3.8, 4) is 0 Å². The summed E-state index contributed by atoms with van der Waals surface area (Å²) in [6.45, 7) is 3.84. The molecule has 2 heterocycles. The lowest BCUT2D eigenvalue weighted by Gasteiger charge is -2.30. The third kappa shape index (κ3) is 2.75. The Balaban J connectivity index is 0.00000128. The summed E-state index contributed by atoms with van der Waals surface area (Å²) in [4.78, 5) is 0. The molecular weight excluding hydrogens is 268 g/mol. The van der Waals surface area contributed by atoms with Crippen LogP contribution in [0.15, 0.2) is 21.7 Å². The fourth-order valence-corrected chi connectivity index (χ4v) is 4.33. The Morgan fingerprint density at radius 3 is 2.88 bits per heavy atom. The molecule has 0 saturated carbocycles. The van der Waals surface area contributed by atoms with Gasteiger partial charge in [-0.3, -0.25) is 0 Å². The molecule has 7 heteroatoms. The fraction of sp³-hybridized carbons (Fsp3) is 0.556. The first-order valence-corrected chi connectivity index (χ1v) is 7.20. The molecule has 1 N–H and O–H groups in total. The summed E-state index contributed by atoms with van der Waals surface area (Å²) < 4.78 is 26.2. The standard InChI is InChI=1S/C9H14N2O2S2.ClH/c1-8-7-11(5-4-10-8)15(12,13)9-3-2-6-14-9;/h2-3,6,8,10H,4-5,7H2,1H3;1H. The van der Waals surface area contributed by atoms with Gasteiger partial charge in [-0.05, 0) is 18.4 Å². The van der Waals surface area contributed by atoms with Crippen molar-refractivity contribution in [3.05, 3.63) is 17.5 Å². The zero-order chi connectivity index (χ0) is 10.9. The molecule has 0 amide bonds. The van der Waals surface area contributed by atoms with E-state index in [9.17, 15) is 8.42 Å². The van der Waals surface area contributed by atoms with Crippen molar-refractivity contribution in [2.24, 2.45) is 0 Å². The van der Waals surface area contributed by atoms with Crippen LogP contribution < -0.4 is 5.32 Å². The van der Waals surface area contributed by atoms with Crippen LogP contribution in [-0.4, -0.2) is 38.4 Å². The minimum absolute atomic E-state index is 0. The van der Waals surface area contributed by atoms with E-state index in [0.29, 0.717) is 17.3 Å². The number of rotatable bonds is 2. The number of sulfonamides is 1. The van der Waals surface area contributed by atoms with Gasteiger partial charge in [0.25, 0.3) is 10.0 Å². The summed E-state index contributed by atoms with van der Waals surface area (Å²) >= 11 is 1.27. The summed E-state index contributed by atoms with van der Waals surface area (Å²) in [6.07, 6.45) is 0. The van der Waals surface area contributed by atoms with Crippen molar-refractivity contribution in [2.45, 2.75) is 17.2 Å². The Morgan fingerprint density at radius 2 is 2.31 bits per heavy atom. The molecule has 92 valence electrons. The highest BCUT2D eigenvalue weighted by molar-refractivity contribution is 7.91. The minimum Gasteiger partial charge on any atom is -0.312 e. The molecule has 1 saturated heterocycles. The molecule has 1 atom stereocenters. The molecule has 1 aromatic rings. The van der Waals surface area contributed by atoms with Gasteiger partial charge in [0.2, 0.25) is 0 Å². The Kier molecular flexibility index (Phi) is 4.75. The van der Waals surface area contributed by atoms with Crippen LogP contribution in [0.4, 0.5) is 0 Å². The van der Waals surface area contributed by atoms with Gasteiger partial charge >= 0.3 is 0 Å². The van der Waals surface area contributed by atoms with E-state index in [-0.39, 0.29) is 18.4 Å². The van der Waals surface area contributed by atoms with Crippen LogP contribution in [0.2, 0.25) is 0 Å². The summed E-state index contributed by atoms with van der Waals surface area (Å²) in [5.74, 6) is 0. The molecule has 1 aliphatic heterocycles. The van der Waals surface area contributed by atoms with E-state index in [0.717, 1.165) is 6.54 Å². The number of piperazine rings is 1. The lowest BCUT2D eigenvalue weighted by Crippen LogP contribution is -2.51. The number of hydrogen-bond acceptors (Lipinski definition) is 4. The maximum absolute atomic E-state index is 12.1. The van der Waals surface area contributed by atoms with E-state index < -0.39 is 10.0 Å². The highest BCUT2D eigenvalue weighted by Gasteiger charge is 2.28. The monoisotopic (exact) mass is 282 g/mol. The molecule has 1 fully saturated rings. The molecule has 0 bridgehead atoms. The predicted molar refractivity (Wildman–Crippen MR) is 67.8 cm³/mol. The van der Waals surface area contributed by atoms with Gasteiger partial charge in [0.15, 0.2) is 0 Å². The van der Waals surface area contributed by atoms with E-state index in [1.54, 1.807) is 21.8 Å². The van der Waals surface area contributed by atoms with Crippen molar-refractivity contribution >= 4 is 33.8 Å². The third-order valence-electron chi connectivity index (χ3n) is 2.42. The van der Waals surface area contributed by atoms with Crippen LogP contribution in [0.1, 0.15) is 6.92 Å². The molecule has 0 radical (unpaired) electrons. The number of halogens is 1. The molecule has 1 aliphatic rings. The van der Waals surface area contributed by atoms with Gasteiger partial charge in [0.05, 0.1) is 0 Å². The maximum atomic E-state index is 12.1. The lowest BCUT2D eigenvalue weighted by molar-refractivity contribution is 0.311. The van der Waals surface area contributed by atoms with E-state index in [1.807, 2.05) is 6.92 Å². The number of hydrogen-bond donors (Lipinski definition) is 1. The van der Waals surface area contributed by atoms with E-state index >= 15 is 0 Å². The first-order valence-electron chi connectivity index (χ1n) is 4.88. The molecule has 0 aliphatic carbocycles. The van der Waals surface area contributed by atoms with Gasteiger partial charge in [-0.1, -0.05) is 6.07 Å². The lowest BCUT2D eigenvalue weighted by atomic mass is 10.3. The molecule has 1 aromatic heterocycles. The number of thiophene rings is 1. The molecule has 4 nitrogen and oxygen atoms in total. The highest BCUT2D eigenvalue weighted by Crippen LogP contribution is 2.21. The minimum atomic E-state index is -3.24. The molecule has 2 rings (SSSR count). The van der Waals surface area contributed by atoms with Gasteiger partial charge in [0.1, 0.15) is 4.21 Å². The van der Waals surface area contributed by atoms with Gasteiger partial charge in [-0.25, -0.2) is 8.42 Å². The maximum Gasteiger partial charge on any atom is 0.252 e. The highest BCUT2D eigenvalue weighted by atomic mass is 35.5. The van der Waals surface area contributed by atoms with Crippen LogP contribution >= 0.6 is 23.7 Å². The Bertz CT molecular complexity index is 419. The normalized spacial score (nSPS) is 22.7. The van der Waals surface area contributed by atoms with Crippen LogP contribution in [0.3, 0.4) is 0 Å². The topological polar surface area (TPSA) is 49.4 Å². The second kappa shape index (κ2) is 5.46. The average molecular weight is 283 g/mol. The van der Waals surface area contributed by atoms with Crippen LogP contribution in [0.5, 0.6) is 0 Å². The Labute approximate surface area is 106 Å². The fourth-order valence-electron chi connectivity index (χ4n) is 1.65. The van der Waals surface area contributed by atoms with E-state index in [1.165, 1.54) is 11.3 Å². The Morgan fingerprint density at radius 1 is 1.56 bits per heavy atom. The first kappa shape index (κ1) is 13.9. The number of nitrogens with zero attached hydrogens (tertiary/aromatic N) is 1. The molecule has 16 heavy (non-hydrogen) atoms. The Hall–Kier alpha value is -0.140. The van der Waals surface area contributed by atoms with Crippen molar-refractivity contribution in [3.63, 3.8) is 0 Å². The molecule has 1 unspecified atom stereocenters. The largest absolute Gasteiger partial charge is 0.312 e. The van der Waals surface area contributed by atoms with Gasteiger partial charge in [-0.2, -0.15) is 4.31 Å². The van der Waals surface area contributed by atoms with Crippen LogP contribution in [0.25, 0.3) is 0 Å². The predicted octanol–water partition coefficient (Wildman–Crippen LogP) is 1.15. The number of nitrogens with one attached hydrogen (secondary N) is 1. The van der Waals surface area contributed by atoms with Gasteiger partial charge < -0.3 is 5.32 Å². The summed E-state index contributed by atoms with van der Waals surface area (Å²) in [5.41, 5.74) is 0. The third-order valence-corrected chi connectivity index (χ3v) is 5.66. The summed E-state index contributed by atoms with van der Waals surface area (Å²) in [7, 11) is -3.24. The van der Waals surface area contributed by atoms with E-state index in [2.05, 4.69) is 5.32 Å². The van der Waals surface area contributed by atoms with Crippen molar-refractivity contribution in [1.82, 2.24) is 9.62 Å². The zero-order valence-corrected chi connectivity index (χ0v) is 11.4. The second-order valence-electron chi connectivity index (χ2n) is 3.65. The van der Waals surface area contributed by atoms with Gasteiger partial charge in [-0.15, -0.1) is 23.7 Å².